The standard InChI is InChI=1S/C12H25NO3S/c1-9(2)11(17(14,15)16)13-10-6-5-7-12(3,4)8-10/h9-11,13H,5-8H2,1-4H3,(H,14,15,16). The van der Waals surface area contributed by atoms with E-state index in [0.29, 0.717) is 0 Å². The first-order valence-electron chi connectivity index (χ1n) is 6.34. The predicted molar refractivity (Wildman–Crippen MR) is 69.3 cm³/mol. The van der Waals surface area contributed by atoms with Gasteiger partial charge in [0, 0.05) is 6.04 Å². The van der Waals surface area contributed by atoms with E-state index in [1.807, 2.05) is 0 Å². The molecule has 0 aromatic rings. The molecular formula is C12H25NO3S. The topological polar surface area (TPSA) is 66.4 Å². The Morgan fingerprint density at radius 2 is 1.94 bits per heavy atom. The molecule has 0 aromatic heterocycles. The minimum atomic E-state index is -4.01. The molecule has 2 unspecified atom stereocenters. The maximum absolute atomic E-state index is 11.3. The Hall–Kier alpha value is -0.130. The van der Waals surface area contributed by atoms with E-state index in [9.17, 15) is 13.0 Å². The Kier molecular flexibility index (Phi) is 4.60. The Morgan fingerprint density at radius 1 is 1.35 bits per heavy atom. The number of rotatable bonds is 4. The van der Waals surface area contributed by atoms with Crippen molar-refractivity contribution in [1.82, 2.24) is 5.32 Å². The maximum atomic E-state index is 11.3. The summed E-state index contributed by atoms with van der Waals surface area (Å²) in [5.74, 6) is -0.130. The largest absolute Gasteiger partial charge is 0.296 e. The van der Waals surface area contributed by atoms with Crippen LogP contribution in [0.1, 0.15) is 53.4 Å². The highest BCUT2D eigenvalue weighted by Crippen LogP contribution is 2.35. The monoisotopic (exact) mass is 263 g/mol. The zero-order chi connectivity index (χ0) is 13.3. The van der Waals surface area contributed by atoms with Gasteiger partial charge in [-0.25, -0.2) is 0 Å². The average molecular weight is 263 g/mol. The summed E-state index contributed by atoms with van der Waals surface area (Å²) in [7, 11) is -4.01. The molecule has 5 heteroatoms. The molecule has 1 aliphatic carbocycles. The van der Waals surface area contributed by atoms with E-state index < -0.39 is 15.5 Å². The summed E-state index contributed by atoms with van der Waals surface area (Å²) in [6.07, 6.45) is 4.25. The minimum absolute atomic E-state index is 0.130. The lowest BCUT2D eigenvalue weighted by molar-refractivity contribution is 0.189. The van der Waals surface area contributed by atoms with Gasteiger partial charge >= 0.3 is 0 Å². The molecule has 1 rings (SSSR count). The molecule has 2 N–H and O–H groups in total. The average Bonchev–Trinajstić information content (AvgIpc) is 2.10. The van der Waals surface area contributed by atoms with Gasteiger partial charge in [0.25, 0.3) is 10.1 Å². The molecule has 1 aliphatic rings. The zero-order valence-corrected chi connectivity index (χ0v) is 12.0. The van der Waals surface area contributed by atoms with Crippen LogP contribution in [0.25, 0.3) is 0 Å². The molecule has 0 aromatic carbocycles. The minimum Gasteiger partial charge on any atom is -0.296 e. The van der Waals surface area contributed by atoms with Gasteiger partial charge in [-0.2, -0.15) is 8.42 Å². The molecular weight excluding hydrogens is 238 g/mol. The van der Waals surface area contributed by atoms with Crippen LogP contribution in [0.15, 0.2) is 0 Å². The van der Waals surface area contributed by atoms with Crippen molar-refractivity contribution in [2.45, 2.75) is 64.8 Å². The fourth-order valence-electron chi connectivity index (χ4n) is 2.70. The lowest BCUT2D eigenvalue weighted by Gasteiger charge is -2.37. The Balaban J connectivity index is 2.69. The molecule has 102 valence electrons. The van der Waals surface area contributed by atoms with Crippen LogP contribution >= 0.6 is 0 Å². The summed E-state index contributed by atoms with van der Waals surface area (Å²) in [5, 5.41) is 2.27. The van der Waals surface area contributed by atoms with Gasteiger partial charge in [-0.15, -0.1) is 0 Å². The van der Waals surface area contributed by atoms with Gasteiger partial charge in [0.2, 0.25) is 0 Å². The van der Waals surface area contributed by atoms with Crippen LogP contribution in [0.4, 0.5) is 0 Å². The van der Waals surface area contributed by atoms with Gasteiger partial charge in [0.05, 0.1) is 0 Å². The van der Waals surface area contributed by atoms with Crippen LogP contribution < -0.4 is 5.32 Å². The van der Waals surface area contributed by atoms with Crippen molar-refractivity contribution in [1.29, 1.82) is 0 Å². The van der Waals surface area contributed by atoms with Crippen molar-refractivity contribution >= 4 is 10.1 Å². The fraction of sp³-hybridized carbons (Fsp3) is 1.00. The molecule has 0 radical (unpaired) electrons. The van der Waals surface area contributed by atoms with Crippen molar-refractivity contribution in [3.8, 4) is 0 Å². The second-order valence-electron chi connectivity index (χ2n) is 6.30. The van der Waals surface area contributed by atoms with E-state index >= 15 is 0 Å². The first-order valence-corrected chi connectivity index (χ1v) is 7.84. The van der Waals surface area contributed by atoms with Gasteiger partial charge in [-0.1, -0.05) is 34.1 Å². The Labute approximate surface area is 105 Å². The third-order valence-corrected chi connectivity index (χ3v) is 4.85. The first-order chi connectivity index (χ1) is 7.62. The smallest absolute Gasteiger partial charge is 0.281 e. The second kappa shape index (κ2) is 5.24. The van der Waals surface area contributed by atoms with E-state index in [-0.39, 0.29) is 17.4 Å². The van der Waals surface area contributed by atoms with Crippen molar-refractivity contribution in [2.24, 2.45) is 11.3 Å². The van der Waals surface area contributed by atoms with Gasteiger partial charge in [-0.05, 0) is 30.6 Å². The first kappa shape index (κ1) is 14.9. The number of nitrogens with one attached hydrogen (secondary N) is 1. The molecule has 17 heavy (non-hydrogen) atoms. The summed E-state index contributed by atoms with van der Waals surface area (Å²) in [6, 6.07) is 0.188. The fourth-order valence-corrected chi connectivity index (χ4v) is 3.75. The van der Waals surface area contributed by atoms with Crippen LogP contribution in [0.5, 0.6) is 0 Å². The quantitative estimate of drug-likeness (QED) is 0.764. The van der Waals surface area contributed by atoms with Crippen molar-refractivity contribution in [2.75, 3.05) is 0 Å². The molecule has 0 aliphatic heterocycles. The lowest BCUT2D eigenvalue weighted by atomic mass is 9.75. The van der Waals surface area contributed by atoms with Crippen molar-refractivity contribution in [3.63, 3.8) is 0 Å². The van der Waals surface area contributed by atoms with Gasteiger partial charge in [0.1, 0.15) is 5.37 Å². The Bertz CT molecular complexity index is 349. The summed E-state index contributed by atoms with van der Waals surface area (Å²) in [6.45, 7) is 8.02. The molecule has 0 saturated heterocycles. The molecule has 0 amide bonds. The molecule has 0 spiro atoms. The molecule has 0 bridgehead atoms. The number of hydrogen-bond donors (Lipinski definition) is 2. The van der Waals surface area contributed by atoms with Crippen LogP contribution in [-0.2, 0) is 10.1 Å². The van der Waals surface area contributed by atoms with Gasteiger partial charge in [0.15, 0.2) is 0 Å². The van der Waals surface area contributed by atoms with Crippen LogP contribution in [0, 0.1) is 11.3 Å². The molecule has 1 fully saturated rings. The van der Waals surface area contributed by atoms with Gasteiger partial charge < -0.3 is 0 Å². The Morgan fingerprint density at radius 3 is 2.35 bits per heavy atom. The van der Waals surface area contributed by atoms with E-state index in [1.54, 1.807) is 13.8 Å². The highest BCUT2D eigenvalue weighted by molar-refractivity contribution is 7.86. The lowest BCUT2D eigenvalue weighted by Crippen LogP contribution is -2.48. The SMILES string of the molecule is CC(C)C(NC1CCCC(C)(C)C1)S(=O)(=O)O. The van der Waals surface area contributed by atoms with Crippen LogP contribution in [-0.4, -0.2) is 24.4 Å². The van der Waals surface area contributed by atoms with Gasteiger partial charge in [-0.3, -0.25) is 9.87 Å². The summed E-state index contributed by atoms with van der Waals surface area (Å²) in [5.41, 5.74) is 0.261. The molecule has 1 saturated carbocycles. The molecule has 0 heterocycles. The highest BCUT2D eigenvalue weighted by Gasteiger charge is 2.33. The predicted octanol–water partition coefficient (Wildman–Crippen LogP) is 2.41. The van der Waals surface area contributed by atoms with Crippen molar-refractivity contribution in [3.05, 3.63) is 0 Å². The van der Waals surface area contributed by atoms with E-state index in [0.717, 1.165) is 19.3 Å². The second-order valence-corrected chi connectivity index (χ2v) is 7.84. The van der Waals surface area contributed by atoms with Crippen LogP contribution in [0.3, 0.4) is 0 Å². The van der Waals surface area contributed by atoms with Crippen LogP contribution in [0.2, 0.25) is 0 Å². The van der Waals surface area contributed by atoms with E-state index in [2.05, 4.69) is 19.2 Å². The zero-order valence-electron chi connectivity index (χ0n) is 11.2. The van der Waals surface area contributed by atoms with E-state index in [1.165, 1.54) is 6.42 Å². The maximum Gasteiger partial charge on any atom is 0.281 e. The third-order valence-electron chi connectivity index (χ3n) is 3.53. The normalized spacial score (nSPS) is 27.1. The highest BCUT2D eigenvalue weighted by atomic mass is 32.2. The summed E-state index contributed by atoms with van der Waals surface area (Å²) >= 11 is 0. The third kappa shape index (κ3) is 4.56. The summed E-state index contributed by atoms with van der Waals surface area (Å²) < 4.78 is 31.8. The molecule has 2 atom stereocenters. The van der Waals surface area contributed by atoms with E-state index in [4.69, 9.17) is 0 Å². The summed E-state index contributed by atoms with van der Waals surface area (Å²) in [4.78, 5) is 0. The molecule has 4 nitrogen and oxygen atoms in total. The van der Waals surface area contributed by atoms with Crippen molar-refractivity contribution < 1.29 is 13.0 Å². The number of hydrogen-bond acceptors (Lipinski definition) is 3.